The van der Waals surface area contributed by atoms with Crippen LogP contribution in [0.2, 0.25) is 0 Å². The molecule has 2 amide bonds. The third-order valence-corrected chi connectivity index (χ3v) is 4.14. The molecule has 130 valence electrons. The summed E-state index contributed by atoms with van der Waals surface area (Å²) in [4.78, 5) is 26.3. The minimum atomic E-state index is -0.230. The van der Waals surface area contributed by atoms with Gasteiger partial charge in [0.05, 0.1) is 7.11 Å². The van der Waals surface area contributed by atoms with Gasteiger partial charge in [0.25, 0.3) is 11.8 Å². The maximum atomic E-state index is 12.4. The number of hydrogen-bond acceptors (Lipinski definition) is 4. The van der Waals surface area contributed by atoms with Crippen molar-refractivity contribution in [3.63, 3.8) is 0 Å². The second-order valence-electron chi connectivity index (χ2n) is 5.76. The van der Waals surface area contributed by atoms with E-state index in [2.05, 4.69) is 5.32 Å². The fraction of sp³-hybridized carbons (Fsp3) is 0.263. The molecule has 25 heavy (non-hydrogen) atoms. The molecule has 2 aromatic rings. The first-order chi connectivity index (χ1) is 12.1. The first-order valence-corrected chi connectivity index (χ1v) is 8.00. The molecule has 3 rings (SSSR count). The minimum absolute atomic E-state index is 0.0415. The number of carbonyl (C=O) groups excluding carboxylic acids is 2. The first-order valence-electron chi connectivity index (χ1n) is 8.00. The molecular formula is C19H20N2O4. The van der Waals surface area contributed by atoms with E-state index in [1.807, 2.05) is 18.2 Å². The molecule has 1 heterocycles. The lowest BCUT2D eigenvalue weighted by Gasteiger charge is -2.17. The zero-order valence-electron chi connectivity index (χ0n) is 14.2. The van der Waals surface area contributed by atoms with Gasteiger partial charge in [-0.15, -0.1) is 0 Å². The van der Waals surface area contributed by atoms with Crippen molar-refractivity contribution in [2.24, 2.45) is 0 Å². The minimum Gasteiger partial charge on any atom is -0.497 e. The first kappa shape index (κ1) is 17.0. The number of hydrogen-bond donors (Lipinski definition) is 1. The topological polar surface area (TPSA) is 67.9 Å². The van der Waals surface area contributed by atoms with Crippen LogP contribution < -0.4 is 15.0 Å². The van der Waals surface area contributed by atoms with Gasteiger partial charge < -0.3 is 19.7 Å². The smallest absolute Gasteiger partial charge is 0.255 e. The van der Waals surface area contributed by atoms with Gasteiger partial charge in [0.2, 0.25) is 0 Å². The molecule has 0 saturated carbocycles. The van der Waals surface area contributed by atoms with Gasteiger partial charge in [0, 0.05) is 30.6 Å². The molecule has 6 heteroatoms. The molecule has 6 nitrogen and oxygen atoms in total. The lowest BCUT2D eigenvalue weighted by Crippen LogP contribution is -2.32. The highest BCUT2D eigenvalue weighted by atomic mass is 16.5. The van der Waals surface area contributed by atoms with E-state index < -0.39 is 0 Å². The molecule has 0 unspecified atom stereocenters. The number of ether oxygens (including phenoxy) is 2. The largest absolute Gasteiger partial charge is 0.497 e. The third-order valence-electron chi connectivity index (χ3n) is 4.14. The number of carbonyl (C=O) groups is 2. The highest BCUT2D eigenvalue weighted by Gasteiger charge is 2.24. The SMILES string of the molecule is COCC(=O)N1CCc2ccc(NC(=O)c3cccc(OC)c3)cc21. The highest BCUT2D eigenvalue weighted by molar-refractivity contribution is 6.05. The van der Waals surface area contributed by atoms with Crippen molar-refractivity contribution < 1.29 is 19.1 Å². The van der Waals surface area contributed by atoms with E-state index in [1.165, 1.54) is 7.11 Å². The number of benzene rings is 2. The normalized spacial score (nSPS) is 12.6. The monoisotopic (exact) mass is 340 g/mol. The second-order valence-corrected chi connectivity index (χ2v) is 5.76. The fourth-order valence-corrected chi connectivity index (χ4v) is 2.88. The Morgan fingerprint density at radius 3 is 2.76 bits per heavy atom. The molecule has 1 N–H and O–H groups in total. The molecule has 0 bridgehead atoms. The summed E-state index contributed by atoms with van der Waals surface area (Å²) in [6.07, 6.45) is 0.800. The molecule has 0 spiro atoms. The van der Waals surface area contributed by atoms with Crippen LogP contribution in [0.3, 0.4) is 0 Å². The maximum absolute atomic E-state index is 12.4. The molecular weight excluding hydrogens is 320 g/mol. The van der Waals surface area contributed by atoms with Gasteiger partial charge in [-0.1, -0.05) is 12.1 Å². The van der Waals surface area contributed by atoms with Crippen LogP contribution in [0.1, 0.15) is 15.9 Å². The molecule has 0 saturated heterocycles. The van der Waals surface area contributed by atoms with Crippen molar-refractivity contribution in [2.75, 3.05) is 37.6 Å². The molecule has 1 aliphatic rings. The van der Waals surface area contributed by atoms with E-state index in [0.717, 1.165) is 17.7 Å². The van der Waals surface area contributed by atoms with Gasteiger partial charge in [0.1, 0.15) is 12.4 Å². The number of fused-ring (bicyclic) bond motifs is 1. The Labute approximate surface area is 146 Å². The van der Waals surface area contributed by atoms with Crippen molar-refractivity contribution in [3.05, 3.63) is 53.6 Å². The second kappa shape index (κ2) is 7.36. The summed E-state index contributed by atoms with van der Waals surface area (Å²) in [7, 11) is 3.06. The summed E-state index contributed by atoms with van der Waals surface area (Å²) in [5.74, 6) is 0.307. The van der Waals surface area contributed by atoms with E-state index in [-0.39, 0.29) is 18.4 Å². The van der Waals surface area contributed by atoms with E-state index in [1.54, 1.807) is 36.3 Å². The van der Waals surface area contributed by atoms with Crippen LogP contribution in [0.25, 0.3) is 0 Å². The zero-order valence-corrected chi connectivity index (χ0v) is 14.2. The Morgan fingerprint density at radius 1 is 1.16 bits per heavy atom. The summed E-state index contributed by atoms with van der Waals surface area (Å²) in [5, 5.41) is 2.87. The van der Waals surface area contributed by atoms with Gasteiger partial charge in [-0.2, -0.15) is 0 Å². The molecule has 0 radical (unpaired) electrons. The van der Waals surface area contributed by atoms with Gasteiger partial charge in [-0.25, -0.2) is 0 Å². The number of anilines is 2. The van der Waals surface area contributed by atoms with Crippen LogP contribution >= 0.6 is 0 Å². The Hall–Kier alpha value is -2.86. The standard InChI is InChI=1S/C19H20N2O4/c1-24-12-18(22)21-9-8-13-6-7-15(11-17(13)21)20-19(23)14-4-3-5-16(10-14)25-2/h3-7,10-11H,8-9,12H2,1-2H3,(H,20,23). The van der Waals surface area contributed by atoms with E-state index >= 15 is 0 Å². The average Bonchev–Trinajstić information content (AvgIpc) is 3.05. The number of amides is 2. The summed E-state index contributed by atoms with van der Waals surface area (Å²) in [6, 6.07) is 12.6. The number of nitrogens with zero attached hydrogens (tertiary/aromatic N) is 1. The molecule has 2 aromatic carbocycles. The van der Waals surface area contributed by atoms with E-state index in [0.29, 0.717) is 23.5 Å². The molecule has 0 aliphatic carbocycles. The van der Waals surface area contributed by atoms with Crippen molar-refractivity contribution >= 4 is 23.2 Å². The predicted molar refractivity (Wildman–Crippen MR) is 95.3 cm³/mol. The Morgan fingerprint density at radius 2 is 2.00 bits per heavy atom. The van der Waals surface area contributed by atoms with Crippen LogP contribution in [0.4, 0.5) is 11.4 Å². The molecule has 0 fully saturated rings. The van der Waals surface area contributed by atoms with Crippen molar-refractivity contribution in [2.45, 2.75) is 6.42 Å². The summed E-state index contributed by atoms with van der Waals surface area (Å²) in [6.45, 7) is 0.671. The fourth-order valence-electron chi connectivity index (χ4n) is 2.88. The lowest BCUT2D eigenvalue weighted by molar-refractivity contribution is -0.122. The average molecular weight is 340 g/mol. The highest BCUT2D eigenvalue weighted by Crippen LogP contribution is 2.31. The van der Waals surface area contributed by atoms with Crippen molar-refractivity contribution in [3.8, 4) is 5.75 Å². The Balaban J connectivity index is 1.79. The van der Waals surface area contributed by atoms with Crippen molar-refractivity contribution in [1.29, 1.82) is 0 Å². The number of nitrogens with one attached hydrogen (secondary N) is 1. The van der Waals surface area contributed by atoms with Gasteiger partial charge >= 0.3 is 0 Å². The molecule has 0 atom stereocenters. The quantitative estimate of drug-likeness (QED) is 0.908. The summed E-state index contributed by atoms with van der Waals surface area (Å²) in [5.41, 5.74) is 3.06. The third kappa shape index (κ3) is 3.64. The van der Waals surface area contributed by atoms with Crippen LogP contribution in [0.15, 0.2) is 42.5 Å². The summed E-state index contributed by atoms with van der Waals surface area (Å²) >= 11 is 0. The maximum Gasteiger partial charge on any atom is 0.255 e. The zero-order chi connectivity index (χ0) is 17.8. The lowest BCUT2D eigenvalue weighted by atomic mass is 10.1. The van der Waals surface area contributed by atoms with Gasteiger partial charge in [-0.3, -0.25) is 9.59 Å². The van der Waals surface area contributed by atoms with Crippen LogP contribution in [0, 0.1) is 0 Å². The van der Waals surface area contributed by atoms with Crippen molar-refractivity contribution in [1.82, 2.24) is 0 Å². The summed E-state index contributed by atoms with van der Waals surface area (Å²) < 4.78 is 10.1. The van der Waals surface area contributed by atoms with Crippen LogP contribution in [-0.2, 0) is 16.0 Å². The van der Waals surface area contributed by atoms with Gasteiger partial charge in [-0.05, 0) is 42.3 Å². The molecule has 1 aliphatic heterocycles. The van der Waals surface area contributed by atoms with E-state index in [4.69, 9.17) is 9.47 Å². The number of rotatable bonds is 5. The van der Waals surface area contributed by atoms with Gasteiger partial charge in [0.15, 0.2) is 0 Å². The Bertz CT molecular complexity index is 804. The molecule has 0 aromatic heterocycles. The predicted octanol–water partition coefficient (Wildman–Crippen LogP) is 2.48. The Kier molecular flexibility index (Phi) is 5.00. The van der Waals surface area contributed by atoms with E-state index in [9.17, 15) is 9.59 Å². The number of methoxy groups -OCH3 is 2. The van der Waals surface area contributed by atoms with Crippen LogP contribution in [-0.4, -0.2) is 39.2 Å². The van der Waals surface area contributed by atoms with Crippen LogP contribution in [0.5, 0.6) is 5.75 Å².